The third-order valence-corrected chi connectivity index (χ3v) is 13.6. The standard InChI is InChI=1S/C46H73FN2O11/c1-11-29(7)58-37-23-31(16-17-33(37)48)19-27(5)41-30(8)35(50)24-36(51)32(12-2)20-25(3)40(47)26(4)21-38(56-9)42-39(57-10)22-28(6)46(55,60-42)43(52)44(53)49-18-14-13-15-34(49)45(54)59-41/h11,19-20,26,28,30-35,37-42,50,55H,12-18,21-24,48H2,1-10H3/b25-20+,27-19?,29-11?. The highest BCUT2D eigenvalue weighted by atomic mass is 19.1. The fraction of sp³-hybridized carbons (Fsp3) is 0.783. The Kier molecular flexibility index (Phi) is 18.1. The molecule has 4 aliphatic rings. The first-order valence-corrected chi connectivity index (χ1v) is 22.1. The zero-order valence-electron chi connectivity index (χ0n) is 37.6. The number of ether oxygens (including phenoxy) is 5. The molecule has 3 fully saturated rings. The minimum atomic E-state index is -2.60. The maximum atomic E-state index is 16.3. The molecule has 3 aliphatic heterocycles. The lowest BCUT2D eigenvalue weighted by atomic mass is 9.81. The average Bonchev–Trinajstić information content (AvgIpc) is 3.23. The van der Waals surface area contributed by atoms with Crippen molar-refractivity contribution in [2.75, 3.05) is 20.8 Å². The van der Waals surface area contributed by atoms with Gasteiger partial charge in [0.25, 0.3) is 11.7 Å². The van der Waals surface area contributed by atoms with Crippen LogP contribution in [0.1, 0.15) is 120 Å². The van der Waals surface area contributed by atoms with Crippen molar-refractivity contribution in [2.24, 2.45) is 35.3 Å². The molecule has 2 bridgehead atoms. The summed E-state index contributed by atoms with van der Waals surface area (Å²) in [7, 11) is 2.89. The molecule has 0 radical (unpaired) electrons. The second-order valence-electron chi connectivity index (χ2n) is 18.0. The summed E-state index contributed by atoms with van der Waals surface area (Å²) in [5, 5.41) is 23.8. The maximum absolute atomic E-state index is 16.3. The van der Waals surface area contributed by atoms with Crippen LogP contribution in [0.3, 0.4) is 0 Å². The predicted octanol–water partition coefficient (Wildman–Crippen LogP) is 5.68. The number of amides is 1. The number of cyclic esters (lactones) is 1. The van der Waals surface area contributed by atoms with E-state index in [0.29, 0.717) is 43.3 Å². The molecule has 13 nitrogen and oxygen atoms in total. The summed E-state index contributed by atoms with van der Waals surface area (Å²) in [6, 6.07) is -1.33. The zero-order chi connectivity index (χ0) is 44.6. The highest BCUT2D eigenvalue weighted by Crippen LogP contribution is 2.39. The number of piperidine rings is 1. The van der Waals surface area contributed by atoms with Gasteiger partial charge in [0, 0.05) is 51.0 Å². The minimum Gasteiger partial charge on any atom is -0.494 e. The number of esters is 1. The number of aliphatic hydroxyl groups excluding tert-OH is 1. The van der Waals surface area contributed by atoms with E-state index in [0.717, 1.165) is 17.1 Å². The van der Waals surface area contributed by atoms with Crippen LogP contribution in [-0.4, -0.2) is 120 Å². The Balaban J connectivity index is 1.78. The smallest absolute Gasteiger partial charge is 0.329 e. The fourth-order valence-corrected chi connectivity index (χ4v) is 9.52. The van der Waals surface area contributed by atoms with Gasteiger partial charge < -0.3 is 44.5 Å². The second kappa shape index (κ2) is 21.9. The summed E-state index contributed by atoms with van der Waals surface area (Å²) in [5.74, 6) is -8.23. The van der Waals surface area contributed by atoms with E-state index < -0.39 is 89.9 Å². The molecule has 2 saturated heterocycles. The van der Waals surface area contributed by atoms with Crippen molar-refractivity contribution < 1.29 is 57.5 Å². The van der Waals surface area contributed by atoms with E-state index >= 15 is 4.39 Å². The second-order valence-corrected chi connectivity index (χ2v) is 18.0. The number of methoxy groups -OCH3 is 2. The molecule has 3 heterocycles. The number of nitrogens with two attached hydrogens (primary N) is 1. The monoisotopic (exact) mass is 849 g/mol. The number of carbonyl (C=O) groups excluding carboxylic acids is 4. The van der Waals surface area contributed by atoms with E-state index in [2.05, 4.69) is 0 Å². The van der Waals surface area contributed by atoms with Crippen molar-refractivity contribution in [3.63, 3.8) is 0 Å². The molecule has 1 saturated carbocycles. The average molecular weight is 849 g/mol. The largest absolute Gasteiger partial charge is 0.494 e. The summed E-state index contributed by atoms with van der Waals surface area (Å²) in [6.07, 6.45) is 2.60. The predicted molar refractivity (Wildman–Crippen MR) is 224 cm³/mol. The lowest BCUT2D eigenvalue weighted by molar-refractivity contribution is -0.302. The molecule has 15 unspecified atom stereocenters. The lowest BCUT2D eigenvalue weighted by Crippen LogP contribution is -2.64. The van der Waals surface area contributed by atoms with Crippen molar-refractivity contribution in [3.05, 3.63) is 35.1 Å². The van der Waals surface area contributed by atoms with Crippen LogP contribution in [0.25, 0.3) is 0 Å². The SMILES string of the molecule is CC=C(C)OC1CC(C=C(C)C2OC(=O)C3CCCCN3C(=O)C(=O)C3(O)OC(C(OC)CC(C)C(F)/C(C)=C/C(CC)C(=O)CC(O)C2C)C(OC)CC3C)CCC1N. The summed E-state index contributed by atoms with van der Waals surface area (Å²) in [4.78, 5) is 57.9. The van der Waals surface area contributed by atoms with Crippen molar-refractivity contribution in [2.45, 2.75) is 180 Å². The van der Waals surface area contributed by atoms with E-state index in [1.165, 1.54) is 14.2 Å². The normalized spacial score (nSPS) is 41.1. The third-order valence-electron chi connectivity index (χ3n) is 13.6. The number of alkyl halides is 1. The van der Waals surface area contributed by atoms with Crippen molar-refractivity contribution >= 4 is 23.4 Å². The van der Waals surface area contributed by atoms with Crippen molar-refractivity contribution in [3.8, 4) is 0 Å². The van der Waals surface area contributed by atoms with Gasteiger partial charge in [0.05, 0.1) is 24.1 Å². The molecule has 15 atom stereocenters. The number of hydrogen-bond donors (Lipinski definition) is 3. The molecule has 340 valence electrons. The molecule has 4 N–H and O–H groups in total. The van der Waals surface area contributed by atoms with E-state index in [1.807, 2.05) is 39.8 Å². The van der Waals surface area contributed by atoms with Crippen LogP contribution in [0, 0.1) is 29.6 Å². The van der Waals surface area contributed by atoms with E-state index in [1.54, 1.807) is 33.8 Å². The molecule has 4 rings (SSSR count). The third kappa shape index (κ3) is 11.5. The van der Waals surface area contributed by atoms with Crippen LogP contribution >= 0.6 is 0 Å². The molecule has 1 aliphatic carbocycles. The van der Waals surface area contributed by atoms with Gasteiger partial charge in [-0.2, -0.15) is 0 Å². The Morgan fingerprint density at radius 3 is 2.32 bits per heavy atom. The fourth-order valence-electron chi connectivity index (χ4n) is 9.52. The van der Waals surface area contributed by atoms with Gasteiger partial charge in [0.15, 0.2) is 0 Å². The minimum absolute atomic E-state index is 0.00531. The van der Waals surface area contributed by atoms with Gasteiger partial charge >= 0.3 is 5.97 Å². The van der Waals surface area contributed by atoms with Crippen LogP contribution in [0.15, 0.2) is 35.1 Å². The number of nitrogens with zero attached hydrogens (tertiary/aromatic N) is 1. The summed E-state index contributed by atoms with van der Waals surface area (Å²) in [6.45, 7) is 14.1. The number of fused-ring (bicyclic) bond motifs is 3. The van der Waals surface area contributed by atoms with Crippen LogP contribution in [0.5, 0.6) is 0 Å². The van der Waals surface area contributed by atoms with Crippen LogP contribution in [0.2, 0.25) is 0 Å². The van der Waals surface area contributed by atoms with Crippen molar-refractivity contribution in [1.29, 1.82) is 0 Å². The highest BCUT2D eigenvalue weighted by Gasteiger charge is 2.57. The van der Waals surface area contributed by atoms with Gasteiger partial charge in [-0.1, -0.05) is 39.8 Å². The van der Waals surface area contributed by atoms with Crippen LogP contribution in [0.4, 0.5) is 4.39 Å². The lowest BCUT2D eigenvalue weighted by Gasteiger charge is -2.47. The molecular formula is C46H73FN2O11. The molecule has 60 heavy (non-hydrogen) atoms. The van der Waals surface area contributed by atoms with Gasteiger partial charge in [-0.15, -0.1) is 0 Å². The molecule has 0 spiro atoms. The first-order valence-electron chi connectivity index (χ1n) is 22.1. The number of aliphatic hydroxyl groups is 2. The molecule has 0 aromatic heterocycles. The zero-order valence-corrected chi connectivity index (χ0v) is 37.6. The van der Waals surface area contributed by atoms with Gasteiger partial charge in [0.2, 0.25) is 5.79 Å². The van der Waals surface area contributed by atoms with Crippen molar-refractivity contribution in [1.82, 2.24) is 4.90 Å². The first-order chi connectivity index (χ1) is 28.3. The Morgan fingerprint density at radius 1 is 1.02 bits per heavy atom. The number of halogens is 1. The summed E-state index contributed by atoms with van der Waals surface area (Å²) < 4.78 is 46.4. The van der Waals surface area contributed by atoms with Gasteiger partial charge in [-0.3, -0.25) is 14.4 Å². The molecular weight excluding hydrogens is 776 g/mol. The van der Waals surface area contributed by atoms with E-state index in [-0.39, 0.29) is 56.1 Å². The molecule has 0 aromatic carbocycles. The first kappa shape index (κ1) is 49.6. The van der Waals surface area contributed by atoms with Crippen LogP contribution < -0.4 is 5.73 Å². The Hall–Kier alpha value is -3.01. The number of allylic oxidation sites excluding steroid dienone is 5. The Morgan fingerprint density at radius 2 is 1.68 bits per heavy atom. The topological polar surface area (TPSA) is 184 Å². The number of ketones is 2. The van der Waals surface area contributed by atoms with Gasteiger partial charge in [-0.25, -0.2) is 9.18 Å². The summed E-state index contributed by atoms with van der Waals surface area (Å²) >= 11 is 0. The van der Waals surface area contributed by atoms with Gasteiger partial charge in [0.1, 0.15) is 36.3 Å². The van der Waals surface area contributed by atoms with Gasteiger partial charge in [-0.05, 0) is 115 Å². The van der Waals surface area contributed by atoms with Crippen LogP contribution in [-0.2, 0) is 42.9 Å². The quantitative estimate of drug-likeness (QED) is 0.124. The molecule has 14 heteroatoms. The maximum Gasteiger partial charge on any atom is 0.329 e. The van der Waals surface area contributed by atoms with E-state index in [4.69, 9.17) is 29.4 Å². The molecule has 0 aromatic rings. The highest BCUT2D eigenvalue weighted by molar-refractivity contribution is 6.39. The van der Waals surface area contributed by atoms with E-state index in [9.17, 15) is 29.4 Å². The number of hydrogen-bond acceptors (Lipinski definition) is 12. The molecule has 1 amide bonds. The number of rotatable bonds is 7. The summed E-state index contributed by atoms with van der Waals surface area (Å²) in [5.41, 5.74) is 7.44. The number of carbonyl (C=O) groups is 4. The Labute approximate surface area is 356 Å². The number of Topliss-reactive ketones (excluding diaryl/α,β-unsaturated/α-hetero) is 2. The Bertz CT molecular complexity index is 1600.